The fourth-order valence-corrected chi connectivity index (χ4v) is 4.97. The number of nitrogens with one attached hydrogen (secondary N) is 1. The first-order valence-electron chi connectivity index (χ1n) is 9.22. The summed E-state index contributed by atoms with van der Waals surface area (Å²) < 4.78 is 32.9. The van der Waals surface area contributed by atoms with Crippen molar-refractivity contribution in [3.63, 3.8) is 0 Å². The highest BCUT2D eigenvalue weighted by atomic mass is 35.5. The normalized spacial score (nSPS) is 17.0. The van der Waals surface area contributed by atoms with E-state index in [9.17, 15) is 13.2 Å². The first-order chi connectivity index (χ1) is 13.4. The number of hydrogen-bond donors (Lipinski definition) is 1. The summed E-state index contributed by atoms with van der Waals surface area (Å²) in [6.07, 6.45) is 2.68. The van der Waals surface area contributed by atoms with Crippen LogP contribution < -0.4 is 10.1 Å². The van der Waals surface area contributed by atoms with Crippen molar-refractivity contribution in [1.29, 1.82) is 0 Å². The zero-order valence-electron chi connectivity index (χ0n) is 15.2. The number of hydrogen-bond acceptors (Lipinski definition) is 4. The quantitative estimate of drug-likeness (QED) is 0.779. The van der Waals surface area contributed by atoms with Gasteiger partial charge in [-0.3, -0.25) is 4.79 Å². The van der Waals surface area contributed by atoms with E-state index < -0.39 is 10.0 Å². The van der Waals surface area contributed by atoms with E-state index in [0.29, 0.717) is 19.5 Å². The van der Waals surface area contributed by atoms with Crippen molar-refractivity contribution < 1.29 is 17.9 Å². The van der Waals surface area contributed by atoms with Gasteiger partial charge in [0.25, 0.3) is 5.91 Å². The van der Waals surface area contributed by atoms with Crippen LogP contribution in [0, 0.1) is 0 Å². The number of ether oxygens (including phenoxy) is 1. The topological polar surface area (TPSA) is 75.7 Å². The Labute approximate surface area is 169 Å². The van der Waals surface area contributed by atoms with Gasteiger partial charge in [-0.05, 0) is 48.6 Å². The molecule has 1 fully saturated rings. The van der Waals surface area contributed by atoms with E-state index >= 15 is 0 Å². The highest BCUT2D eigenvalue weighted by Crippen LogP contribution is 2.31. The van der Waals surface area contributed by atoms with Crippen LogP contribution in [0.25, 0.3) is 0 Å². The SMILES string of the molecule is O=C(COc1ccc(S(=O)(=O)N2CCc3ccccc3C2)cc1Cl)NC1CC1. The van der Waals surface area contributed by atoms with Crippen molar-refractivity contribution in [3.8, 4) is 5.75 Å². The molecule has 2 aromatic carbocycles. The summed E-state index contributed by atoms with van der Waals surface area (Å²) in [4.78, 5) is 11.8. The minimum absolute atomic E-state index is 0.117. The second-order valence-corrected chi connectivity index (χ2v) is 9.43. The molecule has 1 aliphatic heterocycles. The van der Waals surface area contributed by atoms with Crippen molar-refractivity contribution in [2.24, 2.45) is 0 Å². The molecule has 28 heavy (non-hydrogen) atoms. The molecule has 1 saturated carbocycles. The van der Waals surface area contributed by atoms with Gasteiger partial charge in [0, 0.05) is 19.1 Å². The van der Waals surface area contributed by atoms with Gasteiger partial charge in [0.1, 0.15) is 5.75 Å². The monoisotopic (exact) mass is 420 g/mol. The number of nitrogens with zero attached hydrogens (tertiary/aromatic N) is 1. The van der Waals surface area contributed by atoms with E-state index in [-0.39, 0.29) is 34.2 Å². The van der Waals surface area contributed by atoms with Crippen LogP contribution in [-0.2, 0) is 27.8 Å². The molecule has 2 aromatic rings. The Morgan fingerprint density at radius 3 is 2.64 bits per heavy atom. The van der Waals surface area contributed by atoms with Gasteiger partial charge in [-0.2, -0.15) is 4.31 Å². The molecule has 0 bridgehead atoms. The van der Waals surface area contributed by atoms with Crippen molar-refractivity contribution in [2.45, 2.75) is 36.7 Å². The lowest BCUT2D eigenvalue weighted by molar-refractivity contribution is -0.123. The molecule has 0 spiro atoms. The molecule has 0 atom stereocenters. The number of carbonyl (C=O) groups is 1. The second-order valence-electron chi connectivity index (χ2n) is 7.08. The molecule has 1 N–H and O–H groups in total. The first-order valence-corrected chi connectivity index (χ1v) is 11.0. The standard InChI is InChI=1S/C20H21ClN2O4S/c21-18-11-17(7-8-19(18)27-13-20(24)22-16-5-6-16)28(25,26)23-10-9-14-3-1-2-4-15(14)12-23/h1-4,7-8,11,16H,5-6,9-10,12-13H2,(H,22,24). The predicted octanol–water partition coefficient (Wildman–Crippen LogP) is 2.74. The highest BCUT2D eigenvalue weighted by molar-refractivity contribution is 7.89. The van der Waals surface area contributed by atoms with Crippen LogP contribution in [0.4, 0.5) is 0 Å². The lowest BCUT2D eigenvalue weighted by Crippen LogP contribution is -2.35. The molecule has 8 heteroatoms. The van der Waals surface area contributed by atoms with E-state index in [2.05, 4.69) is 5.32 Å². The average molecular weight is 421 g/mol. The van der Waals surface area contributed by atoms with Crippen molar-refractivity contribution in [3.05, 3.63) is 58.6 Å². The van der Waals surface area contributed by atoms with Crippen molar-refractivity contribution in [2.75, 3.05) is 13.2 Å². The molecule has 0 saturated heterocycles. The van der Waals surface area contributed by atoms with E-state index in [1.54, 1.807) is 0 Å². The summed E-state index contributed by atoms with van der Waals surface area (Å²) in [7, 11) is -3.67. The maximum atomic E-state index is 13.0. The summed E-state index contributed by atoms with van der Waals surface area (Å²) in [5.74, 6) is 0.0813. The lowest BCUT2D eigenvalue weighted by Gasteiger charge is -2.28. The molecule has 0 radical (unpaired) electrons. The largest absolute Gasteiger partial charge is 0.482 e. The van der Waals surface area contributed by atoms with E-state index in [4.69, 9.17) is 16.3 Å². The third-order valence-electron chi connectivity index (χ3n) is 4.94. The van der Waals surface area contributed by atoms with Crippen molar-refractivity contribution in [1.82, 2.24) is 9.62 Å². The second kappa shape index (κ2) is 7.73. The van der Waals surface area contributed by atoms with Crippen LogP contribution in [0.3, 0.4) is 0 Å². The number of carbonyl (C=O) groups excluding carboxylic acids is 1. The number of halogens is 1. The van der Waals surface area contributed by atoms with Gasteiger partial charge in [-0.15, -0.1) is 0 Å². The molecule has 1 aliphatic carbocycles. The third-order valence-corrected chi connectivity index (χ3v) is 7.07. The molecule has 1 amide bonds. The average Bonchev–Trinajstić information content (AvgIpc) is 3.50. The summed E-state index contributed by atoms with van der Waals surface area (Å²) >= 11 is 6.22. The van der Waals surface area contributed by atoms with Crippen LogP contribution in [0.5, 0.6) is 5.75 Å². The van der Waals surface area contributed by atoms with Gasteiger partial charge in [-0.25, -0.2) is 8.42 Å². The maximum absolute atomic E-state index is 13.0. The Bertz CT molecular complexity index is 1010. The molecule has 6 nitrogen and oxygen atoms in total. The van der Waals surface area contributed by atoms with Gasteiger partial charge in [0.2, 0.25) is 10.0 Å². The Morgan fingerprint density at radius 1 is 1.18 bits per heavy atom. The van der Waals surface area contributed by atoms with E-state index in [1.165, 1.54) is 28.1 Å². The van der Waals surface area contributed by atoms with Gasteiger partial charge in [0.15, 0.2) is 6.61 Å². The lowest BCUT2D eigenvalue weighted by atomic mass is 10.0. The molecular weight excluding hydrogens is 400 g/mol. The van der Waals surface area contributed by atoms with Crippen LogP contribution >= 0.6 is 11.6 Å². The molecular formula is C20H21ClN2O4S. The molecule has 4 rings (SSSR count). The predicted molar refractivity (Wildman–Crippen MR) is 106 cm³/mol. The van der Waals surface area contributed by atoms with Gasteiger partial charge in [-0.1, -0.05) is 35.9 Å². The summed E-state index contributed by atoms with van der Waals surface area (Å²) in [6, 6.07) is 12.5. The number of sulfonamides is 1. The summed E-state index contributed by atoms with van der Waals surface area (Å²) in [5.41, 5.74) is 2.20. The molecule has 1 heterocycles. The minimum atomic E-state index is -3.67. The zero-order chi connectivity index (χ0) is 19.7. The van der Waals surface area contributed by atoms with Crippen LogP contribution in [-0.4, -0.2) is 37.8 Å². The summed E-state index contributed by atoms with van der Waals surface area (Å²) in [5, 5.41) is 2.99. The Kier molecular flexibility index (Phi) is 5.31. The molecule has 0 unspecified atom stereocenters. The molecule has 0 aromatic heterocycles. The maximum Gasteiger partial charge on any atom is 0.258 e. The number of rotatable bonds is 6. The minimum Gasteiger partial charge on any atom is -0.482 e. The van der Waals surface area contributed by atoms with E-state index in [0.717, 1.165) is 18.4 Å². The number of benzene rings is 2. The molecule has 2 aliphatic rings. The molecule has 148 valence electrons. The van der Waals surface area contributed by atoms with Crippen LogP contribution in [0.1, 0.15) is 24.0 Å². The smallest absolute Gasteiger partial charge is 0.258 e. The van der Waals surface area contributed by atoms with Gasteiger partial charge in [0.05, 0.1) is 9.92 Å². The highest BCUT2D eigenvalue weighted by Gasteiger charge is 2.29. The van der Waals surface area contributed by atoms with Gasteiger partial charge < -0.3 is 10.1 Å². The first kappa shape index (κ1) is 19.2. The Morgan fingerprint density at radius 2 is 1.93 bits per heavy atom. The number of amides is 1. The van der Waals surface area contributed by atoms with Crippen molar-refractivity contribution >= 4 is 27.5 Å². The number of fused-ring (bicyclic) bond motifs is 1. The fraction of sp³-hybridized carbons (Fsp3) is 0.350. The van der Waals surface area contributed by atoms with E-state index in [1.807, 2.05) is 24.3 Å². The van der Waals surface area contributed by atoms with Crippen LogP contribution in [0.2, 0.25) is 5.02 Å². The Hall–Kier alpha value is -2.09. The fourth-order valence-electron chi connectivity index (χ4n) is 3.22. The summed E-state index contributed by atoms with van der Waals surface area (Å²) in [6.45, 7) is 0.623. The van der Waals surface area contributed by atoms with Crippen LogP contribution in [0.15, 0.2) is 47.4 Å². The Balaban J connectivity index is 1.46. The van der Waals surface area contributed by atoms with Gasteiger partial charge >= 0.3 is 0 Å². The zero-order valence-corrected chi connectivity index (χ0v) is 16.8. The third kappa shape index (κ3) is 4.16.